The fourth-order valence-corrected chi connectivity index (χ4v) is 2.75. The fraction of sp³-hybridized carbons (Fsp3) is 0.273. The first-order valence-corrected chi connectivity index (χ1v) is 8.68. The molecule has 5 nitrogen and oxygen atoms in total. The van der Waals surface area contributed by atoms with Gasteiger partial charge in [-0.25, -0.2) is 0 Å². The van der Waals surface area contributed by atoms with E-state index in [1.54, 1.807) is 24.3 Å². The van der Waals surface area contributed by atoms with Crippen LogP contribution in [-0.2, 0) is 4.79 Å². The maximum Gasteiger partial charge on any atom is 0.244 e. The Balaban J connectivity index is 2.05. The van der Waals surface area contributed by atoms with Crippen molar-refractivity contribution in [2.75, 3.05) is 13.7 Å². The summed E-state index contributed by atoms with van der Waals surface area (Å²) in [6.07, 6.45) is 3.20. The van der Waals surface area contributed by atoms with E-state index in [1.165, 1.54) is 13.2 Å². The molecule has 2 aromatic carbocycles. The molecule has 0 heterocycles. The maximum absolute atomic E-state index is 12.3. The van der Waals surface area contributed by atoms with Crippen LogP contribution in [0.4, 0.5) is 0 Å². The van der Waals surface area contributed by atoms with Crippen LogP contribution in [0.15, 0.2) is 42.5 Å². The topological polar surface area (TPSA) is 71.3 Å². The van der Waals surface area contributed by atoms with Gasteiger partial charge in [0.2, 0.25) is 5.91 Å². The number of benzene rings is 2. The molecule has 0 bridgehead atoms. The summed E-state index contributed by atoms with van der Waals surface area (Å²) in [5.41, 5.74) is 4.22. The number of methoxy groups -OCH3 is 1. The highest BCUT2D eigenvalue weighted by atomic mass is 16.5. The lowest BCUT2D eigenvalue weighted by molar-refractivity contribution is -0.117. The number of aryl methyl sites for hydroxylation is 2. The molecule has 2 aromatic rings. The number of nitriles is 1. The van der Waals surface area contributed by atoms with Crippen molar-refractivity contribution in [2.45, 2.75) is 26.8 Å². The smallest absolute Gasteiger partial charge is 0.244 e. The van der Waals surface area contributed by atoms with Crippen LogP contribution in [0.1, 0.15) is 35.2 Å². The molecular formula is C22H24N2O3. The van der Waals surface area contributed by atoms with Crippen molar-refractivity contribution in [3.63, 3.8) is 0 Å². The number of rotatable bonds is 7. The molecule has 1 unspecified atom stereocenters. The minimum absolute atomic E-state index is 0.0514. The summed E-state index contributed by atoms with van der Waals surface area (Å²) in [4.78, 5) is 12.3. The molecule has 0 aromatic heterocycles. The third-order valence-electron chi connectivity index (χ3n) is 4.17. The molecule has 140 valence electrons. The molecule has 0 spiro atoms. The van der Waals surface area contributed by atoms with E-state index in [0.717, 1.165) is 22.3 Å². The van der Waals surface area contributed by atoms with Crippen molar-refractivity contribution < 1.29 is 14.3 Å². The van der Waals surface area contributed by atoms with E-state index in [-0.39, 0.29) is 18.6 Å². The first-order chi connectivity index (χ1) is 12.9. The van der Waals surface area contributed by atoms with Crippen LogP contribution in [0.25, 0.3) is 6.08 Å². The van der Waals surface area contributed by atoms with Crippen LogP contribution >= 0.6 is 0 Å². The van der Waals surface area contributed by atoms with Crippen LogP contribution in [-0.4, -0.2) is 19.6 Å². The zero-order valence-electron chi connectivity index (χ0n) is 16.1. The molecule has 0 radical (unpaired) electrons. The number of nitrogens with one attached hydrogen (secondary N) is 1. The molecular weight excluding hydrogens is 340 g/mol. The summed E-state index contributed by atoms with van der Waals surface area (Å²) in [5, 5.41) is 11.6. The van der Waals surface area contributed by atoms with Crippen molar-refractivity contribution in [1.82, 2.24) is 5.32 Å². The van der Waals surface area contributed by atoms with Crippen LogP contribution in [0, 0.1) is 25.2 Å². The van der Waals surface area contributed by atoms with E-state index < -0.39 is 0 Å². The van der Waals surface area contributed by atoms with Crippen LogP contribution < -0.4 is 14.8 Å². The summed E-state index contributed by atoms with van der Waals surface area (Å²) < 4.78 is 10.6. The molecule has 0 aliphatic rings. The molecule has 1 amide bonds. The van der Waals surface area contributed by atoms with Gasteiger partial charge in [-0.15, -0.1) is 0 Å². The number of nitrogens with zero attached hydrogens (tertiary/aromatic N) is 1. The van der Waals surface area contributed by atoms with E-state index in [2.05, 4.69) is 23.5 Å². The molecule has 5 heteroatoms. The quantitative estimate of drug-likeness (QED) is 0.751. The lowest BCUT2D eigenvalue weighted by Crippen LogP contribution is -2.25. The van der Waals surface area contributed by atoms with Gasteiger partial charge in [-0.05, 0) is 55.7 Å². The number of hydrogen-bond acceptors (Lipinski definition) is 4. The lowest BCUT2D eigenvalue weighted by Gasteiger charge is -2.16. The average molecular weight is 364 g/mol. The van der Waals surface area contributed by atoms with Gasteiger partial charge in [-0.1, -0.05) is 29.8 Å². The zero-order valence-corrected chi connectivity index (χ0v) is 16.1. The van der Waals surface area contributed by atoms with Crippen LogP contribution in [0.2, 0.25) is 0 Å². The summed E-state index contributed by atoms with van der Waals surface area (Å²) in [6.45, 7) is 5.99. The normalized spacial score (nSPS) is 11.7. The SMILES string of the molecule is COc1cc(/C=C/C(=O)NC(C)c2cc(C)ccc2C)ccc1OCC#N. The molecule has 0 aliphatic heterocycles. The minimum atomic E-state index is -0.174. The average Bonchev–Trinajstić information content (AvgIpc) is 2.66. The maximum atomic E-state index is 12.3. The largest absolute Gasteiger partial charge is 0.493 e. The standard InChI is InChI=1S/C22H24N2O3/c1-15-5-6-16(2)19(13-15)17(3)24-22(25)10-8-18-7-9-20(27-12-11-23)21(14-18)26-4/h5-10,13-14,17H,12H2,1-4H3,(H,24,25)/b10-8+. The molecule has 0 saturated carbocycles. The summed E-state index contributed by atoms with van der Waals surface area (Å²) >= 11 is 0. The summed E-state index contributed by atoms with van der Waals surface area (Å²) in [7, 11) is 1.53. The highest BCUT2D eigenvalue weighted by molar-refractivity contribution is 5.92. The molecule has 0 saturated heterocycles. The van der Waals surface area contributed by atoms with Gasteiger partial charge in [-0.3, -0.25) is 4.79 Å². The zero-order chi connectivity index (χ0) is 19.8. The highest BCUT2D eigenvalue weighted by Crippen LogP contribution is 2.28. The molecule has 1 atom stereocenters. The van der Waals surface area contributed by atoms with E-state index in [1.807, 2.05) is 26.8 Å². The van der Waals surface area contributed by atoms with Crippen molar-refractivity contribution >= 4 is 12.0 Å². The van der Waals surface area contributed by atoms with Gasteiger partial charge in [0.15, 0.2) is 18.1 Å². The Kier molecular flexibility index (Phi) is 7.01. The number of ether oxygens (including phenoxy) is 2. The monoisotopic (exact) mass is 364 g/mol. The van der Waals surface area contributed by atoms with E-state index >= 15 is 0 Å². The van der Waals surface area contributed by atoms with Gasteiger partial charge in [0.05, 0.1) is 13.2 Å². The third-order valence-corrected chi connectivity index (χ3v) is 4.17. The Bertz CT molecular complexity index is 882. The second-order valence-electron chi connectivity index (χ2n) is 6.28. The first-order valence-electron chi connectivity index (χ1n) is 8.68. The summed E-state index contributed by atoms with van der Waals surface area (Å²) in [5.74, 6) is 0.827. The fourth-order valence-electron chi connectivity index (χ4n) is 2.75. The predicted molar refractivity (Wildman–Crippen MR) is 106 cm³/mol. The van der Waals surface area contributed by atoms with Gasteiger partial charge in [0.25, 0.3) is 0 Å². The van der Waals surface area contributed by atoms with Gasteiger partial charge in [0, 0.05) is 6.08 Å². The van der Waals surface area contributed by atoms with Gasteiger partial charge in [0.1, 0.15) is 6.07 Å². The second-order valence-corrected chi connectivity index (χ2v) is 6.28. The van der Waals surface area contributed by atoms with Gasteiger partial charge in [-0.2, -0.15) is 5.26 Å². The Morgan fingerprint density at radius 2 is 2.00 bits per heavy atom. The molecule has 1 N–H and O–H groups in total. The van der Waals surface area contributed by atoms with Crippen LogP contribution in [0.5, 0.6) is 11.5 Å². The Hall–Kier alpha value is -3.26. The van der Waals surface area contributed by atoms with Crippen molar-refractivity contribution in [1.29, 1.82) is 5.26 Å². The van der Waals surface area contributed by atoms with E-state index in [9.17, 15) is 4.79 Å². The lowest BCUT2D eigenvalue weighted by atomic mass is 10.00. The molecule has 2 rings (SSSR count). The first kappa shape index (κ1) is 20.1. The predicted octanol–water partition coefficient (Wildman–Crippen LogP) is 4.11. The second kappa shape index (κ2) is 9.44. The van der Waals surface area contributed by atoms with Crippen molar-refractivity contribution in [3.8, 4) is 17.6 Å². The van der Waals surface area contributed by atoms with Crippen molar-refractivity contribution in [2.24, 2.45) is 0 Å². The van der Waals surface area contributed by atoms with Gasteiger partial charge < -0.3 is 14.8 Å². The number of hydrogen-bond donors (Lipinski definition) is 1. The Labute approximate surface area is 160 Å². The van der Waals surface area contributed by atoms with Crippen molar-refractivity contribution in [3.05, 3.63) is 64.7 Å². The molecule has 0 aliphatic carbocycles. The molecule has 27 heavy (non-hydrogen) atoms. The Morgan fingerprint density at radius 3 is 2.70 bits per heavy atom. The summed E-state index contributed by atoms with van der Waals surface area (Å²) in [6, 6.07) is 13.3. The van der Waals surface area contributed by atoms with Crippen LogP contribution in [0.3, 0.4) is 0 Å². The highest BCUT2D eigenvalue weighted by Gasteiger charge is 2.10. The van der Waals surface area contributed by atoms with Gasteiger partial charge >= 0.3 is 0 Å². The molecule has 0 fully saturated rings. The number of amides is 1. The number of carbonyl (C=O) groups excluding carboxylic acids is 1. The third kappa shape index (κ3) is 5.61. The van der Waals surface area contributed by atoms with E-state index in [0.29, 0.717) is 11.5 Å². The minimum Gasteiger partial charge on any atom is -0.493 e. The van der Waals surface area contributed by atoms with E-state index in [4.69, 9.17) is 14.7 Å². The number of carbonyl (C=O) groups is 1. The Morgan fingerprint density at radius 1 is 1.22 bits per heavy atom.